The molecule has 0 atom stereocenters. The number of nitrogens with zero attached hydrogens (tertiary/aromatic N) is 3. The van der Waals surface area contributed by atoms with Gasteiger partial charge in [-0.25, -0.2) is 0 Å². The fourth-order valence-corrected chi connectivity index (χ4v) is 4.18. The van der Waals surface area contributed by atoms with Crippen LogP contribution in [0.15, 0.2) is 36.5 Å². The summed E-state index contributed by atoms with van der Waals surface area (Å²) in [4.78, 5) is 16.6. The number of hydrogen-bond donors (Lipinski definition) is 0. The van der Waals surface area contributed by atoms with Crippen LogP contribution >= 0.6 is 11.3 Å². The zero-order valence-electron chi connectivity index (χ0n) is 18.5. The van der Waals surface area contributed by atoms with Crippen molar-refractivity contribution in [3.63, 3.8) is 0 Å². The molecule has 0 saturated heterocycles. The highest BCUT2D eigenvalue weighted by molar-refractivity contribution is 7.16. The van der Waals surface area contributed by atoms with Crippen LogP contribution in [0.25, 0.3) is 10.7 Å². The number of carbonyl (C=O) groups excluding carboxylic acids is 1. The number of rotatable bonds is 17. The minimum absolute atomic E-state index is 0.104. The Labute approximate surface area is 186 Å². The Morgan fingerprint density at radius 1 is 0.867 bits per heavy atom. The molecule has 2 heterocycles. The molecule has 2 aromatic heterocycles. The van der Waals surface area contributed by atoms with E-state index in [0.717, 1.165) is 18.5 Å². The summed E-state index contributed by atoms with van der Waals surface area (Å²) >= 11 is 1.34. The molecule has 0 fully saturated rings. The molecule has 0 aromatic carbocycles. The van der Waals surface area contributed by atoms with Gasteiger partial charge < -0.3 is 0 Å². The van der Waals surface area contributed by atoms with E-state index in [0.29, 0.717) is 16.4 Å². The van der Waals surface area contributed by atoms with E-state index in [9.17, 15) is 4.79 Å². The number of pyridine rings is 1. The van der Waals surface area contributed by atoms with Crippen LogP contribution in [0.2, 0.25) is 0 Å². The summed E-state index contributed by atoms with van der Waals surface area (Å²) in [6.45, 7) is 2.27. The molecular weight excluding hydrogens is 390 g/mol. The molecule has 4 nitrogen and oxygen atoms in total. The highest BCUT2D eigenvalue weighted by Gasteiger charge is 2.13. The number of aromatic nitrogens is 3. The largest absolute Gasteiger partial charge is 0.291 e. The number of allylic oxidation sites excluding steroid dienone is 2. The molecule has 0 aliphatic carbocycles. The molecule has 2 rings (SSSR count). The van der Waals surface area contributed by atoms with Gasteiger partial charge >= 0.3 is 0 Å². The van der Waals surface area contributed by atoms with Crippen LogP contribution in [0.4, 0.5) is 0 Å². The van der Waals surface area contributed by atoms with Gasteiger partial charge in [0.2, 0.25) is 0 Å². The fraction of sp³-hybridized carbons (Fsp3) is 0.600. The second-order valence-corrected chi connectivity index (χ2v) is 8.86. The van der Waals surface area contributed by atoms with Gasteiger partial charge in [-0.1, -0.05) is 87.8 Å². The Bertz CT molecular complexity index is 727. The SMILES string of the molecule is CCCCCCCCC=CCCCCCCCC(=O)c1nnc(-c2ccccn2)s1. The first-order valence-electron chi connectivity index (χ1n) is 11.7. The molecule has 164 valence electrons. The van der Waals surface area contributed by atoms with Gasteiger partial charge in [-0.2, -0.15) is 0 Å². The first kappa shape index (κ1) is 24.4. The molecule has 0 unspecified atom stereocenters. The fourth-order valence-electron chi connectivity index (χ4n) is 3.39. The van der Waals surface area contributed by atoms with Gasteiger partial charge in [-0.05, 0) is 44.2 Å². The van der Waals surface area contributed by atoms with Crippen molar-refractivity contribution >= 4 is 17.1 Å². The number of Topliss-reactive ketones (excluding diaryl/α,β-unsaturated/α-hetero) is 1. The third-order valence-electron chi connectivity index (χ3n) is 5.21. The average molecular weight is 428 g/mol. The molecule has 0 N–H and O–H groups in total. The minimum Gasteiger partial charge on any atom is -0.291 e. The van der Waals surface area contributed by atoms with Crippen LogP contribution in [0.5, 0.6) is 0 Å². The second-order valence-electron chi connectivity index (χ2n) is 7.88. The molecule has 0 amide bonds. The molecule has 0 saturated carbocycles. The lowest BCUT2D eigenvalue weighted by molar-refractivity contribution is 0.0978. The van der Waals surface area contributed by atoms with E-state index in [2.05, 4.69) is 34.3 Å². The normalized spacial score (nSPS) is 11.4. The van der Waals surface area contributed by atoms with E-state index >= 15 is 0 Å². The molecule has 0 bridgehead atoms. The van der Waals surface area contributed by atoms with Crippen molar-refractivity contribution in [2.45, 2.75) is 96.8 Å². The van der Waals surface area contributed by atoms with Crippen LogP contribution in [0.1, 0.15) is 107 Å². The summed E-state index contributed by atoms with van der Waals surface area (Å²) in [6, 6.07) is 5.67. The highest BCUT2D eigenvalue weighted by Crippen LogP contribution is 2.22. The zero-order chi connectivity index (χ0) is 21.3. The monoisotopic (exact) mass is 427 g/mol. The summed E-state index contributed by atoms with van der Waals surface area (Å²) in [6.07, 6.45) is 23.4. The van der Waals surface area contributed by atoms with Crippen molar-refractivity contribution in [1.82, 2.24) is 15.2 Å². The Balaban J connectivity index is 1.45. The molecule has 0 aliphatic heterocycles. The van der Waals surface area contributed by atoms with Crippen molar-refractivity contribution in [2.75, 3.05) is 0 Å². The summed E-state index contributed by atoms with van der Waals surface area (Å²) in [7, 11) is 0. The molecule has 0 aliphatic rings. The first-order valence-corrected chi connectivity index (χ1v) is 12.6. The lowest BCUT2D eigenvalue weighted by atomic mass is 10.1. The zero-order valence-corrected chi connectivity index (χ0v) is 19.3. The van der Waals surface area contributed by atoms with Crippen LogP contribution in [0, 0.1) is 0 Å². The van der Waals surface area contributed by atoms with Crippen LogP contribution in [-0.4, -0.2) is 21.0 Å². The summed E-state index contributed by atoms with van der Waals surface area (Å²) < 4.78 is 0. The van der Waals surface area contributed by atoms with Gasteiger partial charge in [0.1, 0.15) is 5.69 Å². The predicted octanol–water partition coefficient (Wildman–Crippen LogP) is 7.82. The third kappa shape index (κ3) is 10.2. The van der Waals surface area contributed by atoms with Gasteiger partial charge in [-0.3, -0.25) is 9.78 Å². The molecular formula is C25H37N3OS. The van der Waals surface area contributed by atoms with E-state index < -0.39 is 0 Å². The van der Waals surface area contributed by atoms with Gasteiger partial charge in [0.25, 0.3) is 0 Å². The maximum Gasteiger partial charge on any atom is 0.193 e. The van der Waals surface area contributed by atoms with Crippen molar-refractivity contribution in [1.29, 1.82) is 0 Å². The highest BCUT2D eigenvalue weighted by atomic mass is 32.1. The van der Waals surface area contributed by atoms with E-state index in [-0.39, 0.29) is 5.78 Å². The van der Waals surface area contributed by atoms with Crippen LogP contribution < -0.4 is 0 Å². The van der Waals surface area contributed by atoms with Gasteiger partial charge in [0.15, 0.2) is 15.8 Å². The Kier molecular flexibility index (Phi) is 12.9. The Hall–Kier alpha value is -1.88. The number of carbonyl (C=O) groups is 1. The molecule has 0 spiro atoms. The van der Waals surface area contributed by atoms with E-state index in [1.807, 2.05) is 18.2 Å². The van der Waals surface area contributed by atoms with Gasteiger partial charge in [0, 0.05) is 12.6 Å². The van der Waals surface area contributed by atoms with E-state index in [1.54, 1.807) is 6.20 Å². The van der Waals surface area contributed by atoms with Crippen molar-refractivity contribution in [2.24, 2.45) is 0 Å². The van der Waals surface area contributed by atoms with Gasteiger partial charge in [0.05, 0.1) is 0 Å². The molecule has 2 aromatic rings. The topological polar surface area (TPSA) is 55.7 Å². The number of unbranched alkanes of at least 4 members (excludes halogenated alkanes) is 11. The summed E-state index contributed by atoms with van der Waals surface area (Å²) in [5.41, 5.74) is 0.773. The first-order chi connectivity index (χ1) is 14.8. The second kappa shape index (κ2) is 15.9. The molecule has 0 radical (unpaired) electrons. The lowest BCUT2D eigenvalue weighted by Crippen LogP contribution is -1.98. The van der Waals surface area contributed by atoms with Crippen molar-refractivity contribution in [3.05, 3.63) is 41.6 Å². The molecule has 30 heavy (non-hydrogen) atoms. The summed E-state index contributed by atoms with van der Waals surface area (Å²) in [5.74, 6) is 0.104. The van der Waals surface area contributed by atoms with Gasteiger partial charge in [-0.15, -0.1) is 10.2 Å². The Morgan fingerprint density at radius 2 is 1.53 bits per heavy atom. The maximum atomic E-state index is 12.3. The lowest BCUT2D eigenvalue weighted by Gasteiger charge is -2.00. The third-order valence-corrected chi connectivity index (χ3v) is 6.20. The predicted molar refractivity (Wildman–Crippen MR) is 127 cm³/mol. The smallest absolute Gasteiger partial charge is 0.193 e. The Morgan fingerprint density at radius 3 is 2.20 bits per heavy atom. The number of hydrogen-bond acceptors (Lipinski definition) is 5. The summed E-state index contributed by atoms with van der Waals surface area (Å²) in [5, 5.41) is 9.38. The van der Waals surface area contributed by atoms with Crippen LogP contribution in [-0.2, 0) is 0 Å². The quantitative estimate of drug-likeness (QED) is 0.147. The standard InChI is InChI=1S/C25H37N3OS/c1-2-3-4-5-6-7-8-9-10-11-12-13-14-15-16-20-23(29)25-28-27-24(30-25)22-19-17-18-21-26-22/h9-10,17-19,21H,2-8,11-16,20H2,1H3. The number of ketones is 1. The van der Waals surface area contributed by atoms with E-state index in [1.165, 1.54) is 82.0 Å². The van der Waals surface area contributed by atoms with Crippen molar-refractivity contribution < 1.29 is 4.79 Å². The maximum absolute atomic E-state index is 12.3. The molecule has 5 heteroatoms. The van der Waals surface area contributed by atoms with Crippen LogP contribution in [0.3, 0.4) is 0 Å². The minimum atomic E-state index is 0.104. The average Bonchev–Trinajstić information content (AvgIpc) is 3.27. The van der Waals surface area contributed by atoms with E-state index in [4.69, 9.17) is 0 Å². The van der Waals surface area contributed by atoms with Crippen molar-refractivity contribution in [3.8, 4) is 10.7 Å².